The van der Waals surface area contributed by atoms with Crippen LogP contribution in [0.1, 0.15) is 32.4 Å². The number of hydrogen-bond acceptors (Lipinski definition) is 3. The molecule has 0 fully saturated rings. The van der Waals surface area contributed by atoms with Gasteiger partial charge < -0.3 is 15.7 Å². The zero-order valence-electron chi connectivity index (χ0n) is 11.1. The van der Waals surface area contributed by atoms with Gasteiger partial charge >= 0.3 is 0 Å². The highest BCUT2D eigenvalue weighted by atomic mass is 16.3. The number of likely N-dealkylation sites (N-methyl/N-ethyl adjacent to an activating group) is 1. The molecule has 1 aromatic rings. The monoisotopic (exact) mass is 236 g/mol. The molecule has 1 aromatic carbocycles. The molecule has 0 saturated carbocycles. The minimum atomic E-state index is -0.505. The number of aliphatic hydroxyl groups excluding tert-OH is 1. The van der Waals surface area contributed by atoms with Gasteiger partial charge in [-0.3, -0.25) is 0 Å². The van der Waals surface area contributed by atoms with Crippen molar-refractivity contribution in [2.45, 2.75) is 26.9 Å². The summed E-state index contributed by atoms with van der Waals surface area (Å²) < 4.78 is 0. The highest BCUT2D eigenvalue weighted by Gasteiger charge is 2.15. The van der Waals surface area contributed by atoms with E-state index in [4.69, 9.17) is 5.73 Å². The van der Waals surface area contributed by atoms with Crippen molar-refractivity contribution in [3.05, 3.63) is 29.8 Å². The van der Waals surface area contributed by atoms with Gasteiger partial charge in [0.15, 0.2) is 0 Å². The van der Waals surface area contributed by atoms with E-state index in [1.54, 1.807) is 0 Å². The Morgan fingerprint density at radius 2 is 1.88 bits per heavy atom. The highest BCUT2D eigenvalue weighted by Crippen LogP contribution is 2.20. The molecule has 0 aliphatic carbocycles. The average molecular weight is 236 g/mol. The number of para-hydroxylation sites is 1. The first-order valence-electron chi connectivity index (χ1n) is 6.29. The second-order valence-electron chi connectivity index (χ2n) is 4.89. The van der Waals surface area contributed by atoms with Crippen LogP contribution < -0.4 is 5.73 Å². The molecular weight excluding hydrogens is 212 g/mol. The number of rotatable bonds is 6. The predicted molar refractivity (Wildman–Crippen MR) is 72.8 cm³/mol. The van der Waals surface area contributed by atoms with Gasteiger partial charge in [0.05, 0.1) is 6.10 Å². The van der Waals surface area contributed by atoms with Crippen LogP contribution in [-0.2, 0) is 0 Å². The molecule has 3 N–H and O–H groups in total. The van der Waals surface area contributed by atoms with Gasteiger partial charge in [-0.2, -0.15) is 0 Å². The van der Waals surface area contributed by atoms with Crippen LogP contribution in [0.5, 0.6) is 0 Å². The van der Waals surface area contributed by atoms with E-state index in [1.165, 1.54) is 0 Å². The van der Waals surface area contributed by atoms with E-state index < -0.39 is 6.10 Å². The van der Waals surface area contributed by atoms with Crippen LogP contribution in [0.2, 0.25) is 0 Å². The molecule has 3 nitrogen and oxygen atoms in total. The quantitative estimate of drug-likeness (QED) is 0.745. The van der Waals surface area contributed by atoms with Crippen molar-refractivity contribution in [1.82, 2.24) is 4.90 Å². The third-order valence-electron chi connectivity index (χ3n) is 2.86. The Kier molecular flexibility index (Phi) is 5.45. The van der Waals surface area contributed by atoms with Gasteiger partial charge in [0.25, 0.3) is 0 Å². The van der Waals surface area contributed by atoms with Crippen LogP contribution in [0.3, 0.4) is 0 Å². The van der Waals surface area contributed by atoms with Crippen molar-refractivity contribution in [2.24, 2.45) is 5.92 Å². The normalized spacial score (nSPS) is 13.3. The van der Waals surface area contributed by atoms with E-state index in [2.05, 4.69) is 25.7 Å². The molecule has 3 heteroatoms. The molecule has 0 heterocycles. The fourth-order valence-electron chi connectivity index (χ4n) is 2.01. The number of nitrogens with zero attached hydrogens (tertiary/aromatic N) is 1. The first kappa shape index (κ1) is 14.0. The molecule has 0 amide bonds. The lowest BCUT2D eigenvalue weighted by molar-refractivity contribution is 0.110. The molecule has 0 spiro atoms. The lowest BCUT2D eigenvalue weighted by Gasteiger charge is -2.25. The predicted octanol–water partition coefficient (Wildman–Crippen LogP) is 2.28. The zero-order chi connectivity index (χ0) is 12.8. The summed E-state index contributed by atoms with van der Waals surface area (Å²) in [5.41, 5.74) is 7.36. The lowest BCUT2D eigenvalue weighted by Crippen LogP contribution is -2.32. The molecule has 0 bridgehead atoms. The van der Waals surface area contributed by atoms with Gasteiger partial charge in [-0.1, -0.05) is 39.0 Å². The Hall–Kier alpha value is -1.06. The van der Waals surface area contributed by atoms with E-state index in [0.29, 0.717) is 18.2 Å². The van der Waals surface area contributed by atoms with Crippen molar-refractivity contribution in [3.8, 4) is 0 Å². The fraction of sp³-hybridized carbons (Fsp3) is 0.571. The molecule has 17 heavy (non-hydrogen) atoms. The SMILES string of the molecule is CCN(CC(C)C)CC(O)c1ccccc1N. The molecule has 0 saturated heterocycles. The van der Waals surface area contributed by atoms with Crippen LogP contribution in [0.15, 0.2) is 24.3 Å². The van der Waals surface area contributed by atoms with Gasteiger partial charge in [0.1, 0.15) is 0 Å². The van der Waals surface area contributed by atoms with Crippen molar-refractivity contribution < 1.29 is 5.11 Å². The zero-order valence-corrected chi connectivity index (χ0v) is 11.1. The summed E-state index contributed by atoms with van der Waals surface area (Å²) in [6, 6.07) is 7.52. The second kappa shape index (κ2) is 6.62. The minimum absolute atomic E-state index is 0.505. The summed E-state index contributed by atoms with van der Waals surface area (Å²) in [6.07, 6.45) is -0.505. The summed E-state index contributed by atoms with van der Waals surface area (Å²) in [7, 11) is 0. The maximum Gasteiger partial charge on any atom is 0.0936 e. The molecule has 96 valence electrons. The van der Waals surface area contributed by atoms with Crippen LogP contribution in [-0.4, -0.2) is 29.6 Å². The number of nitrogen functional groups attached to an aromatic ring is 1. The van der Waals surface area contributed by atoms with E-state index in [0.717, 1.165) is 18.7 Å². The van der Waals surface area contributed by atoms with Crippen LogP contribution in [0, 0.1) is 5.92 Å². The van der Waals surface area contributed by atoms with E-state index in [9.17, 15) is 5.11 Å². The van der Waals surface area contributed by atoms with E-state index in [-0.39, 0.29) is 0 Å². The third-order valence-corrected chi connectivity index (χ3v) is 2.86. The van der Waals surface area contributed by atoms with Gasteiger partial charge in [-0.15, -0.1) is 0 Å². The number of hydrogen-bond donors (Lipinski definition) is 2. The van der Waals surface area contributed by atoms with Crippen molar-refractivity contribution in [3.63, 3.8) is 0 Å². The molecule has 0 radical (unpaired) electrons. The fourth-order valence-corrected chi connectivity index (χ4v) is 2.01. The molecular formula is C14H24N2O. The Balaban J connectivity index is 2.64. The number of nitrogens with two attached hydrogens (primary N) is 1. The highest BCUT2D eigenvalue weighted by molar-refractivity contribution is 5.47. The smallest absolute Gasteiger partial charge is 0.0936 e. The standard InChI is InChI=1S/C14H24N2O/c1-4-16(9-11(2)3)10-14(17)12-7-5-6-8-13(12)15/h5-8,11,14,17H,4,9-10,15H2,1-3H3. The minimum Gasteiger partial charge on any atom is -0.398 e. The van der Waals surface area contributed by atoms with E-state index in [1.807, 2.05) is 24.3 Å². The molecule has 1 rings (SSSR count). The van der Waals surface area contributed by atoms with Crippen LogP contribution in [0.4, 0.5) is 5.69 Å². The third kappa shape index (κ3) is 4.36. The Bertz CT molecular complexity index is 339. The second-order valence-corrected chi connectivity index (χ2v) is 4.89. The maximum absolute atomic E-state index is 10.2. The average Bonchev–Trinajstić information content (AvgIpc) is 2.27. The molecule has 1 atom stereocenters. The Morgan fingerprint density at radius 3 is 2.41 bits per heavy atom. The Morgan fingerprint density at radius 1 is 1.24 bits per heavy atom. The summed E-state index contributed by atoms with van der Waals surface area (Å²) in [5.74, 6) is 0.607. The number of aliphatic hydroxyl groups is 1. The van der Waals surface area contributed by atoms with Crippen molar-refractivity contribution in [1.29, 1.82) is 0 Å². The molecule has 0 aromatic heterocycles. The maximum atomic E-state index is 10.2. The topological polar surface area (TPSA) is 49.5 Å². The summed E-state index contributed by atoms with van der Waals surface area (Å²) in [4.78, 5) is 2.25. The molecule has 0 aliphatic heterocycles. The molecule has 0 aliphatic rings. The lowest BCUT2D eigenvalue weighted by atomic mass is 10.1. The van der Waals surface area contributed by atoms with Crippen molar-refractivity contribution >= 4 is 5.69 Å². The first-order chi connectivity index (χ1) is 8.04. The van der Waals surface area contributed by atoms with E-state index >= 15 is 0 Å². The van der Waals surface area contributed by atoms with Gasteiger partial charge in [0.2, 0.25) is 0 Å². The Labute approximate surface area is 104 Å². The van der Waals surface area contributed by atoms with Crippen LogP contribution in [0.25, 0.3) is 0 Å². The van der Waals surface area contributed by atoms with Crippen LogP contribution >= 0.6 is 0 Å². The summed E-state index contributed by atoms with van der Waals surface area (Å²) in [5, 5.41) is 10.2. The van der Waals surface area contributed by atoms with Gasteiger partial charge in [-0.25, -0.2) is 0 Å². The summed E-state index contributed by atoms with van der Waals surface area (Å²) >= 11 is 0. The first-order valence-corrected chi connectivity index (χ1v) is 6.29. The number of anilines is 1. The number of benzene rings is 1. The summed E-state index contributed by atoms with van der Waals surface area (Å²) in [6.45, 7) is 9.08. The largest absolute Gasteiger partial charge is 0.398 e. The van der Waals surface area contributed by atoms with Crippen molar-refractivity contribution in [2.75, 3.05) is 25.4 Å². The molecule has 1 unspecified atom stereocenters. The van der Waals surface area contributed by atoms with Gasteiger partial charge in [0, 0.05) is 24.3 Å². The van der Waals surface area contributed by atoms with Gasteiger partial charge in [-0.05, 0) is 18.5 Å².